The number of fused-ring (bicyclic) bond motifs is 1. The molecule has 0 aliphatic heterocycles. The van der Waals surface area contributed by atoms with Gasteiger partial charge in [0.25, 0.3) is 0 Å². The van der Waals surface area contributed by atoms with Crippen LogP contribution in [0.1, 0.15) is 16.7 Å². The predicted octanol–water partition coefficient (Wildman–Crippen LogP) is 1.25. The van der Waals surface area contributed by atoms with Crippen molar-refractivity contribution in [3.8, 4) is 11.5 Å². The topological polar surface area (TPSA) is 90.9 Å². The predicted molar refractivity (Wildman–Crippen MR) is 122 cm³/mol. The van der Waals surface area contributed by atoms with E-state index >= 15 is 0 Å². The highest BCUT2D eigenvalue weighted by Gasteiger charge is 2.50. The first kappa shape index (κ1) is 23.4. The molecule has 0 bridgehead atoms. The second kappa shape index (κ2) is 9.21. The number of rotatable bonds is 9. The first-order valence-corrected chi connectivity index (χ1v) is 11.1. The third-order valence-corrected chi connectivity index (χ3v) is 6.98. The molecule has 176 valence electrons. The van der Waals surface area contributed by atoms with Gasteiger partial charge in [-0.15, -0.1) is 0 Å². The molecule has 2 aromatic rings. The number of phenols is 1. The number of hydrogen-bond acceptors (Lipinski definition) is 7. The van der Waals surface area contributed by atoms with Crippen LogP contribution in [0.2, 0.25) is 0 Å². The van der Waals surface area contributed by atoms with E-state index < -0.39 is 23.7 Å². The fourth-order valence-corrected chi connectivity index (χ4v) is 4.84. The zero-order chi connectivity index (χ0) is 23.8. The van der Waals surface area contributed by atoms with E-state index in [1.807, 2.05) is 20.2 Å². The number of ketones is 2. The lowest BCUT2D eigenvalue weighted by molar-refractivity contribution is -0.147. The molecule has 0 amide bonds. The van der Waals surface area contributed by atoms with Gasteiger partial charge in [-0.1, -0.05) is 12.1 Å². The van der Waals surface area contributed by atoms with Gasteiger partial charge in [0.15, 0.2) is 0 Å². The molecule has 3 N–H and O–H groups in total. The highest BCUT2D eigenvalue weighted by Crippen LogP contribution is 2.35. The molecule has 0 aromatic heterocycles. The van der Waals surface area contributed by atoms with Gasteiger partial charge >= 0.3 is 0 Å². The number of phenolic OH excluding ortho intramolecular Hbond substituents is 1. The summed E-state index contributed by atoms with van der Waals surface area (Å²) in [6.07, 6.45) is 2.07. The quantitative estimate of drug-likeness (QED) is 0.491. The molecule has 0 radical (unpaired) electrons. The summed E-state index contributed by atoms with van der Waals surface area (Å²) in [6, 6.07) is 8.64. The maximum Gasteiger partial charge on any atom is 0.219 e. The van der Waals surface area contributed by atoms with Gasteiger partial charge in [0.2, 0.25) is 11.6 Å². The van der Waals surface area contributed by atoms with Crippen LogP contribution in [0, 0.1) is 5.82 Å². The van der Waals surface area contributed by atoms with Crippen molar-refractivity contribution in [2.75, 3.05) is 34.3 Å². The molecule has 0 saturated heterocycles. The normalized spacial score (nSPS) is 24.2. The van der Waals surface area contributed by atoms with Gasteiger partial charge in [-0.05, 0) is 68.2 Å². The van der Waals surface area contributed by atoms with Crippen LogP contribution < -0.4 is 15.4 Å². The summed E-state index contributed by atoms with van der Waals surface area (Å²) in [5.74, 6) is -0.488. The first-order valence-electron chi connectivity index (χ1n) is 11.1. The number of Topliss-reactive ketones (excluding diaryl/α,β-unsaturated/α-hetero) is 2. The minimum Gasteiger partial charge on any atom is -0.508 e. The smallest absolute Gasteiger partial charge is 0.219 e. The zero-order valence-electron chi connectivity index (χ0n) is 19.2. The number of aromatic hydroxyl groups is 1. The Morgan fingerprint density at radius 3 is 2.45 bits per heavy atom. The average molecular weight is 456 g/mol. The zero-order valence-corrected chi connectivity index (χ0v) is 19.2. The van der Waals surface area contributed by atoms with Crippen LogP contribution in [0.3, 0.4) is 0 Å². The minimum atomic E-state index is -0.587. The third kappa shape index (κ3) is 4.51. The Balaban J connectivity index is 1.37. The number of halogens is 1. The Kier molecular flexibility index (Phi) is 6.52. The Labute approximate surface area is 192 Å². The van der Waals surface area contributed by atoms with E-state index in [1.54, 1.807) is 18.2 Å². The lowest BCUT2D eigenvalue weighted by Crippen LogP contribution is -2.71. The van der Waals surface area contributed by atoms with Crippen molar-refractivity contribution < 1.29 is 23.8 Å². The summed E-state index contributed by atoms with van der Waals surface area (Å²) in [4.78, 5) is 26.7. The molecule has 2 aliphatic rings. The molecule has 2 aliphatic carbocycles. The summed E-state index contributed by atoms with van der Waals surface area (Å²) in [6.45, 7) is 0.983. The van der Waals surface area contributed by atoms with Crippen molar-refractivity contribution in [3.63, 3.8) is 0 Å². The number of nitrogens with zero attached hydrogens (tertiary/aromatic N) is 1. The van der Waals surface area contributed by atoms with Crippen LogP contribution in [0.4, 0.5) is 4.39 Å². The fourth-order valence-electron chi connectivity index (χ4n) is 4.84. The third-order valence-electron chi connectivity index (χ3n) is 6.98. The summed E-state index contributed by atoms with van der Waals surface area (Å²) >= 11 is 0. The molecule has 3 atom stereocenters. The Hall–Kier alpha value is -2.81. The Morgan fingerprint density at radius 2 is 1.76 bits per heavy atom. The molecule has 8 heteroatoms. The van der Waals surface area contributed by atoms with E-state index in [2.05, 4.69) is 15.5 Å². The van der Waals surface area contributed by atoms with Crippen LogP contribution in [0.5, 0.6) is 11.5 Å². The monoisotopic (exact) mass is 455 g/mol. The van der Waals surface area contributed by atoms with Crippen molar-refractivity contribution in [2.45, 2.75) is 36.9 Å². The fraction of sp³-hybridized carbons (Fsp3) is 0.440. The second-order valence-corrected chi connectivity index (χ2v) is 9.15. The molecular weight excluding hydrogens is 425 g/mol. The molecule has 1 fully saturated rings. The van der Waals surface area contributed by atoms with Gasteiger partial charge in [-0.2, -0.15) is 0 Å². The molecule has 7 nitrogen and oxygen atoms in total. The summed E-state index contributed by atoms with van der Waals surface area (Å²) < 4.78 is 18.6. The van der Waals surface area contributed by atoms with Gasteiger partial charge in [-0.3, -0.25) is 9.59 Å². The molecule has 4 rings (SSSR count). The van der Waals surface area contributed by atoms with E-state index in [-0.39, 0.29) is 17.1 Å². The lowest BCUT2D eigenvalue weighted by atomic mass is 9.82. The molecule has 33 heavy (non-hydrogen) atoms. The van der Waals surface area contributed by atoms with Gasteiger partial charge in [0.05, 0.1) is 19.2 Å². The van der Waals surface area contributed by atoms with E-state index in [0.29, 0.717) is 25.3 Å². The molecule has 1 saturated carbocycles. The summed E-state index contributed by atoms with van der Waals surface area (Å²) in [5, 5.41) is 16.3. The van der Waals surface area contributed by atoms with Crippen molar-refractivity contribution >= 4 is 11.6 Å². The van der Waals surface area contributed by atoms with Gasteiger partial charge in [0, 0.05) is 24.7 Å². The van der Waals surface area contributed by atoms with E-state index in [4.69, 9.17) is 4.74 Å². The largest absolute Gasteiger partial charge is 0.508 e. The van der Waals surface area contributed by atoms with Crippen LogP contribution in [-0.2, 0) is 28.9 Å². The lowest BCUT2D eigenvalue weighted by Gasteiger charge is -2.41. The number of methoxy groups -OCH3 is 1. The standard InChI is InChI=1S/C25H30FN3O4/c1-29(2)25(12-16-5-7-19(30)10-17(16)13-25)14-28-22-21(23(31)24(22)32)27-9-8-15-4-6-18(26)11-20(15)33-3/h4-7,10-11,21-22,27-28,30H,8-9,12-14H2,1-3H3/t21-,22?,25?/m0/s1. The highest BCUT2D eigenvalue weighted by molar-refractivity contribution is 6.49. The number of nitrogens with one attached hydrogen (secondary N) is 2. The van der Waals surface area contributed by atoms with Gasteiger partial charge in [-0.25, -0.2) is 4.39 Å². The number of carbonyl (C=O) groups is 2. The van der Waals surface area contributed by atoms with Crippen molar-refractivity contribution in [1.82, 2.24) is 15.5 Å². The summed E-state index contributed by atoms with van der Waals surface area (Å²) in [7, 11) is 5.50. The maximum atomic E-state index is 13.4. The minimum absolute atomic E-state index is 0.248. The molecule has 2 aromatic carbocycles. The van der Waals surface area contributed by atoms with Crippen molar-refractivity contribution in [3.05, 3.63) is 58.9 Å². The van der Waals surface area contributed by atoms with E-state index in [9.17, 15) is 19.1 Å². The van der Waals surface area contributed by atoms with Crippen LogP contribution in [0.25, 0.3) is 0 Å². The first-order chi connectivity index (χ1) is 15.7. The van der Waals surface area contributed by atoms with Crippen molar-refractivity contribution in [2.24, 2.45) is 0 Å². The molecular formula is C25H30FN3O4. The van der Waals surface area contributed by atoms with E-state index in [1.165, 1.54) is 24.8 Å². The van der Waals surface area contributed by atoms with Crippen molar-refractivity contribution in [1.29, 1.82) is 0 Å². The molecule has 0 spiro atoms. The number of ether oxygens (including phenoxy) is 1. The second-order valence-electron chi connectivity index (χ2n) is 9.15. The Morgan fingerprint density at radius 1 is 1.06 bits per heavy atom. The molecule has 0 heterocycles. The van der Waals surface area contributed by atoms with Crippen LogP contribution in [-0.4, -0.2) is 73.5 Å². The van der Waals surface area contributed by atoms with Crippen LogP contribution >= 0.6 is 0 Å². The number of benzene rings is 2. The summed E-state index contributed by atoms with van der Waals surface area (Å²) in [5.41, 5.74) is 2.86. The Bertz CT molecular complexity index is 1070. The SMILES string of the molecule is COc1cc(F)ccc1CCN[C@@H]1C(=O)C(=O)C1NCC1(N(C)C)Cc2ccc(O)cc2C1. The van der Waals surface area contributed by atoms with Gasteiger partial charge < -0.3 is 25.4 Å². The van der Waals surface area contributed by atoms with E-state index in [0.717, 1.165) is 24.0 Å². The number of likely N-dealkylation sites (N-methyl/N-ethyl adjacent to an activating group) is 1. The van der Waals surface area contributed by atoms with Crippen LogP contribution in [0.15, 0.2) is 36.4 Å². The highest BCUT2D eigenvalue weighted by atomic mass is 19.1. The number of carbonyl (C=O) groups excluding carboxylic acids is 2. The number of hydrogen-bond donors (Lipinski definition) is 3. The van der Waals surface area contributed by atoms with Gasteiger partial charge in [0.1, 0.15) is 17.3 Å². The maximum absolute atomic E-state index is 13.4. The molecule has 2 unspecified atom stereocenters. The average Bonchev–Trinajstić information content (AvgIpc) is 3.17.